The summed E-state index contributed by atoms with van der Waals surface area (Å²) in [6.45, 7) is 6.20. The van der Waals surface area contributed by atoms with Crippen molar-refractivity contribution in [2.24, 2.45) is 5.84 Å². The van der Waals surface area contributed by atoms with Crippen LogP contribution in [0.4, 0.5) is 0 Å². The Balaban J connectivity index is 2.22. The van der Waals surface area contributed by atoms with Crippen molar-refractivity contribution in [3.8, 4) is 11.5 Å². The van der Waals surface area contributed by atoms with E-state index >= 15 is 0 Å². The number of nitrogens with one attached hydrogen (secondary N) is 1. The maximum atomic E-state index is 5.84. The van der Waals surface area contributed by atoms with Gasteiger partial charge in [-0.05, 0) is 31.0 Å². The minimum atomic E-state index is -0.0537. The van der Waals surface area contributed by atoms with Crippen molar-refractivity contribution in [1.29, 1.82) is 0 Å². The van der Waals surface area contributed by atoms with Crippen LogP contribution in [0, 0.1) is 0 Å². The van der Waals surface area contributed by atoms with E-state index in [0.29, 0.717) is 19.8 Å². The molecule has 1 aliphatic rings. The molecule has 0 radical (unpaired) electrons. The third-order valence-corrected chi connectivity index (χ3v) is 3.64. The van der Waals surface area contributed by atoms with Crippen LogP contribution >= 0.6 is 0 Å². The van der Waals surface area contributed by atoms with Gasteiger partial charge in [0.25, 0.3) is 0 Å². The maximum Gasteiger partial charge on any atom is 0.161 e. The van der Waals surface area contributed by atoms with Crippen molar-refractivity contribution in [1.82, 2.24) is 5.43 Å². The van der Waals surface area contributed by atoms with Crippen LogP contribution < -0.4 is 20.7 Å². The Bertz CT molecular complexity index is 434. The van der Waals surface area contributed by atoms with Gasteiger partial charge >= 0.3 is 0 Å². The highest BCUT2D eigenvalue weighted by Gasteiger charge is 2.23. The maximum absolute atomic E-state index is 5.84. The SMILES string of the molecule is CCCC(OCC)C(NN)c1ccc2c(c1)OCCCO2. The Labute approximate surface area is 126 Å². The second-order valence-corrected chi connectivity index (χ2v) is 5.18. The molecule has 0 bridgehead atoms. The van der Waals surface area contributed by atoms with Gasteiger partial charge in [0.05, 0.1) is 25.4 Å². The highest BCUT2D eigenvalue weighted by atomic mass is 16.5. The highest BCUT2D eigenvalue weighted by molar-refractivity contribution is 5.44. The molecule has 0 fully saturated rings. The number of fused-ring (bicyclic) bond motifs is 1. The number of ether oxygens (including phenoxy) is 3. The fraction of sp³-hybridized carbons (Fsp3) is 0.625. The summed E-state index contributed by atoms with van der Waals surface area (Å²) in [5.74, 6) is 7.36. The Morgan fingerprint density at radius 1 is 1.24 bits per heavy atom. The Morgan fingerprint density at radius 2 is 2.00 bits per heavy atom. The van der Waals surface area contributed by atoms with Crippen molar-refractivity contribution in [2.75, 3.05) is 19.8 Å². The van der Waals surface area contributed by atoms with Crippen molar-refractivity contribution < 1.29 is 14.2 Å². The molecule has 5 nitrogen and oxygen atoms in total. The van der Waals surface area contributed by atoms with Gasteiger partial charge in [-0.3, -0.25) is 11.3 Å². The lowest BCUT2D eigenvalue weighted by atomic mass is 9.98. The van der Waals surface area contributed by atoms with Crippen molar-refractivity contribution in [3.05, 3.63) is 23.8 Å². The predicted octanol–water partition coefficient (Wildman–Crippen LogP) is 2.56. The van der Waals surface area contributed by atoms with Gasteiger partial charge in [-0.25, -0.2) is 0 Å². The van der Waals surface area contributed by atoms with Crippen LogP contribution in [-0.2, 0) is 4.74 Å². The van der Waals surface area contributed by atoms with Gasteiger partial charge in [0.1, 0.15) is 0 Å². The van der Waals surface area contributed by atoms with Crippen molar-refractivity contribution >= 4 is 0 Å². The number of hydrogen-bond donors (Lipinski definition) is 2. The van der Waals surface area contributed by atoms with E-state index in [4.69, 9.17) is 20.1 Å². The summed E-state index contributed by atoms with van der Waals surface area (Å²) in [5.41, 5.74) is 3.95. The van der Waals surface area contributed by atoms with E-state index in [1.54, 1.807) is 0 Å². The Kier molecular flexibility index (Phi) is 6.29. The summed E-state index contributed by atoms with van der Waals surface area (Å²) in [5, 5.41) is 0. The lowest BCUT2D eigenvalue weighted by Gasteiger charge is -2.27. The highest BCUT2D eigenvalue weighted by Crippen LogP contribution is 2.33. The quantitative estimate of drug-likeness (QED) is 0.597. The first-order valence-electron chi connectivity index (χ1n) is 7.77. The van der Waals surface area contributed by atoms with Gasteiger partial charge in [-0.15, -0.1) is 0 Å². The fourth-order valence-corrected chi connectivity index (χ4v) is 2.64. The van der Waals surface area contributed by atoms with Gasteiger partial charge in [-0.2, -0.15) is 0 Å². The van der Waals surface area contributed by atoms with Crippen molar-refractivity contribution in [3.63, 3.8) is 0 Å². The van der Waals surface area contributed by atoms with Crippen LogP contribution in [0.3, 0.4) is 0 Å². The molecule has 0 aromatic heterocycles. The number of nitrogens with two attached hydrogens (primary N) is 1. The zero-order valence-electron chi connectivity index (χ0n) is 12.9. The minimum Gasteiger partial charge on any atom is -0.490 e. The van der Waals surface area contributed by atoms with Crippen molar-refractivity contribution in [2.45, 2.75) is 45.3 Å². The van der Waals surface area contributed by atoms with E-state index in [9.17, 15) is 0 Å². The molecule has 0 aliphatic carbocycles. The molecule has 2 atom stereocenters. The number of hydrazine groups is 1. The summed E-state index contributed by atoms with van der Waals surface area (Å²) >= 11 is 0. The summed E-state index contributed by atoms with van der Waals surface area (Å²) in [4.78, 5) is 0. The molecule has 5 heteroatoms. The van der Waals surface area contributed by atoms with Gasteiger partial charge in [0, 0.05) is 13.0 Å². The minimum absolute atomic E-state index is 0.0507. The first kappa shape index (κ1) is 16.1. The second-order valence-electron chi connectivity index (χ2n) is 5.18. The first-order chi connectivity index (χ1) is 10.3. The lowest BCUT2D eigenvalue weighted by molar-refractivity contribution is 0.0275. The van der Waals surface area contributed by atoms with E-state index < -0.39 is 0 Å². The standard InChI is InChI=1S/C16H26N2O3/c1-3-6-14(19-4-2)16(18-17)12-7-8-13-15(11-12)21-10-5-9-20-13/h7-8,11,14,16,18H,3-6,9-10,17H2,1-2H3. The van der Waals surface area contributed by atoms with Gasteiger partial charge in [0.2, 0.25) is 0 Å². The third kappa shape index (κ3) is 4.09. The molecule has 21 heavy (non-hydrogen) atoms. The van der Waals surface area contributed by atoms with E-state index in [2.05, 4.69) is 12.3 Å². The van der Waals surface area contributed by atoms with Gasteiger partial charge < -0.3 is 14.2 Å². The Hall–Kier alpha value is -1.30. The first-order valence-corrected chi connectivity index (χ1v) is 7.77. The number of hydrogen-bond acceptors (Lipinski definition) is 5. The molecule has 3 N–H and O–H groups in total. The molecule has 0 saturated carbocycles. The third-order valence-electron chi connectivity index (χ3n) is 3.64. The topological polar surface area (TPSA) is 65.7 Å². The average molecular weight is 294 g/mol. The van der Waals surface area contributed by atoms with E-state index in [0.717, 1.165) is 36.3 Å². The summed E-state index contributed by atoms with van der Waals surface area (Å²) < 4.78 is 17.3. The molecule has 1 heterocycles. The molecule has 1 aromatic carbocycles. The zero-order valence-corrected chi connectivity index (χ0v) is 12.9. The monoisotopic (exact) mass is 294 g/mol. The van der Waals surface area contributed by atoms with E-state index in [1.807, 2.05) is 25.1 Å². The number of rotatable bonds is 7. The van der Waals surface area contributed by atoms with Crippen LogP contribution in [0.2, 0.25) is 0 Å². The normalized spacial score (nSPS) is 17.1. The molecule has 2 unspecified atom stereocenters. The molecule has 1 aliphatic heterocycles. The van der Waals surface area contributed by atoms with Gasteiger partial charge in [0.15, 0.2) is 11.5 Å². The van der Waals surface area contributed by atoms with E-state index in [1.165, 1.54) is 0 Å². The molecular weight excluding hydrogens is 268 g/mol. The summed E-state index contributed by atoms with van der Waals surface area (Å²) in [6.07, 6.45) is 2.96. The Morgan fingerprint density at radius 3 is 2.67 bits per heavy atom. The molecule has 118 valence electrons. The molecule has 1 aromatic rings. The molecule has 0 amide bonds. The summed E-state index contributed by atoms with van der Waals surface area (Å²) in [7, 11) is 0. The van der Waals surface area contributed by atoms with Crippen LogP contribution in [0.1, 0.15) is 44.7 Å². The fourth-order valence-electron chi connectivity index (χ4n) is 2.64. The largest absolute Gasteiger partial charge is 0.490 e. The second kappa shape index (κ2) is 8.22. The van der Waals surface area contributed by atoms with E-state index in [-0.39, 0.29) is 12.1 Å². The molecule has 0 spiro atoms. The smallest absolute Gasteiger partial charge is 0.161 e. The van der Waals surface area contributed by atoms with Crippen LogP contribution in [-0.4, -0.2) is 25.9 Å². The van der Waals surface area contributed by atoms with Gasteiger partial charge in [-0.1, -0.05) is 19.4 Å². The predicted molar refractivity (Wildman–Crippen MR) is 82.4 cm³/mol. The van der Waals surface area contributed by atoms with Crippen LogP contribution in [0.5, 0.6) is 11.5 Å². The van der Waals surface area contributed by atoms with Crippen LogP contribution in [0.15, 0.2) is 18.2 Å². The van der Waals surface area contributed by atoms with Crippen LogP contribution in [0.25, 0.3) is 0 Å². The lowest BCUT2D eigenvalue weighted by Crippen LogP contribution is -2.38. The zero-order chi connectivity index (χ0) is 15.1. The number of benzene rings is 1. The average Bonchev–Trinajstić information content (AvgIpc) is 2.73. The molecule has 0 saturated heterocycles. The molecular formula is C16H26N2O3. The molecule has 2 rings (SSSR count). The summed E-state index contributed by atoms with van der Waals surface area (Å²) in [6, 6.07) is 5.93.